The molecule has 0 unspecified atom stereocenters. The smallest absolute Gasteiger partial charge is 0.233 e. The Morgan fingerprint density at radius 1 is 1.00 bits per heavy atom. The minimum Gasteiger partial charge on any atom is -0.355 e. The lowest BCUT2D eigenvalue weighted by Gasteiger charge is -2.07. The van der Waals surface area contributed by atoms with Gasteiger partial charge in [-0.1, -0.05) is 29.8 Å². The fraction of sp³-hybridized carbons (Fsp3) is 0.176. The van der Waals surface area contributed by atoms with Gasteiger partial charge in [-0.05, 0) is 42.3 Å². The maximum absolute atomic E-state index is 13.4. The second kappa shape index (κ2) is 8.29. The van der Waals surface area contributed by atoms with Gasteiger partial charge in [-0.3, -0.25) is 9.59 Å². The van der Waals surface area contributed by atoms with Gasteiger partial charge in [-0.15, -0.1) is 0 Å². The van der Waals surface area contributed by atoms with Crippen molar-refractivity contribution in [3.63, 3.8) is 0 Å². The van der Waals surface area contributed by atoms with Gasteiger partial charge >= 0.3 is 0 Å². The van der Waals surface area contributed by atoms with E-state index in [1.165, 1.54) is 6.07 Å². The zero-order valence-corrected chi connectivity index (χ0v) is 13.1. The molecule has 0 heterocycles. The second-order valence-corrected chi connectivity index (χ2v) is 5.36. The largest absolute Gasteiger partial charge is 0.355 e. The summed E-state index contributed by atoms with van der Waals surface area (Å²) in [4.78, 5) is 23.4. The molecule has 0 saturated carbocycles. The molecule has 0 aromatic heterocycles. The standard InChI is InChI=1S/C17H16ClFN2O2/c18-13-5-7-14(8-6-13)21-17(23)11-16(22)20-10-9-12-3-1-2-4-15(12)19/h1-8H,9-11H2,(H,20,22)(H,21,23). The lowest BCUT2D eigenvalue weighted by molar-refractivity contribution is -0.126. The van der Waals surface area contributed by atoms with E-state index in [1.807, 2.05) is 0 Å². The van der Waals surface area contributed by atoms with Crippen molar-refractivity contribution >= 4 is 29.1 Å². The molecule has 0 aliphatic heterocycles. The normalized spacial score (nSPS) is 10.2. The van der Waals surface area contributed by atoms with Crippen molar-refractivity contribution in [2.75, 3.05) is 11.9 Å². The van der Waals surface area contributed by atoms with Crippen LogP contribution in [0.4, 0.5) is 10.1 Å². The summed E-state index contributed by atoms with van der Waals surface area (Å²) >= 11 is 5.75. The maximum atomic E-state index is 13.4. The van der Waals surface area contributed by atoms with Gasteiger partial charge in [0, 0.05) is 17.3 Å². The molecule has 0 fully saturated rings. The summed E-state index contributed by atoms with van der Waals surface area (Å²) in [5.41, 5.74) is 1.09. The molecule has 23 heavy (non-hydrogen) atoms. The van der Waals surface area contributed by atoms with Gasteiger partial charge in [0.2, 0.25) is 11.8 Å². The summed E-state index contributed by atoms with van der Waals surface area (Å²) in [5.74, 6) is -1.13. The van der Waals surface area contributed by atoms with Crippen molar-refractivity contribution in [3.05, 3.63) is 64.9 Å². The van der Waals surface area contributed by atoms with E-state index in [2.05, 4.69) is 10.6 Å². The van der Waals surface area contributed by atoms with Crippen LogP contribution in [0.3, 0.4) is 0 Å². The van der Waals surface area contributed by atoms with Gasteiger partial charge in [0.1, 0.15) is 12.2 Å². The van der Waals surface area contributed by atoms with E-state index in [1.54, 1.807) is 42.5 Å². The van der Waals surface area contributed by atoms with Gasteiger partial charge in [0.25, 0.3) is 0 Å². The van der Waals surface area contributed by atoms with Gasteiger partial charge in [0.05, 0.1) is 0 Å². The number of amides is 2. The van der Waals surface area contributed by atoms with Crippen LogP contribution in [0.5, 0.6) is 0 Å². The van der Waals surface area contributed by atoms with Crippen LogP contribution in [0, 0.1) is 5.82 Å². The molecule has 4 nitrogen and oxygen atoms in total. The summed E-state index contributed by atoms with van der Waals surface area (Å²) in [6, 6.07) is 13.0. The average molecular weight is 335 g/mol. The summed E-state index contributed by atoms with van der Waals surface area (Å²) in [7, 11) is 0. The lowest BCUT2D eigenvalue weighted by atomic mass is 10.1. The number of hydrogen-bond donors (Lipinski definition) is 2. The quantitative estimate of drug-likeness (QED) is 0.797. The molecule has 0 saturated heterocycles. The number of halogens is 2. The number of hydrogen-bond acceptors (Lipinski definition) is 2. The highest BCUT2D eigenvalue weighted by atomic mass is 35.5. The molecular formula is C17H16ClFN2O2. The summed E-state index contributed by atoms with van der Waals surface area (Å²) in [6.07, 6.45) is 0.0805. The number of carbonyl (C=O) groups is 2. The van der Waals surface area contributed by atoms with Gasteiger partial charge in [-0.25, -0.2) is 4.39 Å². The third-order valence-electron chi connectivity index (χ3n) is 3.12. The van der Waals surface area contributed by atoms with Crippen molar-refractivity contribution < 1.29 is 14.0 Å². The molecule has 0 radical (unpaired) electrons. The predicted molar refractivity (Wildman–Crippen MR) is 87.8 cm³/mol. The van der Waals surface area contributed by atoms with Crippen LogP contribution in [0.15, 0.2) is 48.5 Å². The van der Waals surface area contributed by atoms with Crippen LogP contribution in [-0.2, 0) is 16.0 Å². The van der Waals surface area contributed by atoms with Gasteiger partial charge in [-0.2, -0.15) is 0 Å². The van der Waals surface area contributed by atoms with Crippen molar-refractivity contribution in [1.29, 1.82) is 0 Å². The Labute approximate surface area is 138 Å². The van der Waals surface area contributed by atoms with Crippen LogP contribution < -0.4 is 10.6 Å². The Morgan fingerprint density at radius 2 is 1.70 bits per heavy atom. The fourth-order valence-electron chi connectivity index (χ4n) is 1.98. The molecule has 2 amide bonds. The Hall–Kier alpha value is -2.40. The SMILES string of the molecule is O=C(CC(=O)Nc1ccc(Cl)cc1)NCCc1ccccc1F. The van der Waals surface area contributed by atoms with E-state index in [9.17, 15) is 14.0 Å². The molecule has 2 rings (SSSR count). The topological polar surface area (TPSA) is 58.2 Å². The first kappa shape index (κ1) is 17.0. The molecule has 0 aliphatic rings. The minimum absolute atomic E-state index is 0.272. The van der Waals surface area contributed by atoms with Crippen molar-refractivity contribution in [3.8, 4) is 0 Å². The van der Waals surface area contributed by atoms with E-state index in [4.69, 9.17) is 11.6 Å². The summed E-state index contributed by atoms with van der Waals surface area (Å²) < 4.78 is 13.4. The average Bonchev–Trinajstić information content (AvgIpc) is 2.51. The van der Waals surface area contributed by atoms with Crippen molar-refractivity contribution in [1.82, 2.24) is 5.32 Å². The van der Waals surface area contributed by atoms with Crippen molar-refractivity contribution in [2.24, 2.45) is 0 Å². The number of benzene rings is 2. The summed E-state index contributed by atoms with van der Waals surface area (Å²) in [6.45, 7) is 0.272. The first-order valence-corrected chi connectivity index (χ1v) is 7.48. The van der Waals surface area contributed by atoms with E-state index in [0.29, 0.717) is 22.7 Å². The molecule has 120 valence electrons. The first-order valence-electron chi connectivity index (χ1n) is 7.10. The Balaban J connectivity index is 1.73. The zero-order chi connectivity index (χ0) is 16.7. The Morgan fingerprint density at radius 3 is 2.39 bits per heavy atom. The maximum Gasteiger partial charge on any atom is 0.233 e. The molecule has 0 aliphatic carbocycles. The van der Waals surface area contributed by atoms with Crippen LogP contribution in [0.2, 0.25) is 5.02 Å². The number of carbonyl (C=O) groups excluding carboxylic acids is 2. The number of rotatable bonds is 6. The van der Waals surface area contributed by atoms with Crippen LogP contribution in [0.25, 0.3) is 0 Å². The molecule has 6 heteroatoms. The molecule has 2 aromatic carbocycles. The van der Waals surface area contributed by atoms with E-state index in [0.717, 1.165) is 0 Å². The first-order chi connectivity index (χ1) is 11.0. The van der Waals surface area contributed by atoms with Crippen LogP contribution in [0.1, 0.15) is 12.0 Å². The predicted octanol–water partition coefficient (Wildman–Crippen LogP) is 3.17. The monoisotopic (exact) mass is 334 g/mol. The Bertz CT molecular complexity index is 689. The number of anilines is 1. The second-order valence-electron chi connectivity index (χ2n) is 4.92. The third-order valence-corrected chi connectivity index (χ3v) is 3.38. The fourth-order valence-corrected chi connectivity index (χ4v) is 2.11. The highest BCUT2D eigenvalue weighted by Gasteiger charge is 2.09. The van der Waals surface area contributed by atoms with Crippen LogP contribution in [-0.4, -0.2) is 18.4 Å². The molecule has 0 spiro atoms. The van der Waals surface area contributed by atoms with Crippen molar-refractivity contribution in [2.45, 2.75) is 12.8 Å². The highest BCUT2D eigenvalue weighted by molar-refractivity contribution is 6.30. The van der Waals surface area contributed by atoms with Gasteiger partial charge < -0.3 is 10.6 Å². The third kappa shape index (κ3) is 5.71. The summed E-state index contributed by atoms with van der Waals surface area (Å²) in [5, 5.41) is 5.76. The van der Waals surface area contributed by atoms with Crippen LogP contribution >= 0.6 is 11.6 Å². The molecule has 0 atom stereocenters. The van der Waals surface area contributed by atoms with E-state index >= 15 is 0 Å². The lowest BCUT2D eigenvalue weighted by Crippen LogP contribution is -2.29. The number of nitrogens with one attached hydrogen (secondary N) is 2. The molecule has 2 aromatic rings. The minimum atomic E-state index is -0.421. The van der Waals surface area contributed by atoms with Gasteiger partial charge in [0.15, 0.2) is 0 Å². The van der Waals surface area contributed by atoms with E-state index < -0.39 is 11.8 Å². The molecular weight excluding hydrogens is 319 g/mol. The zero-order valence-electron chi connectivity index (χ0n) is 12.3. The van der Waals surface area contributed by atoms with E-state index in [-0.39, 0.29) is 18.8 Å². The highest BCUT2D eigenvalue weighted by Crippen LogP contribution is 2.13. The molecule has 2 N–H and O–H groups in total. The molecule has 0 bridgehead atoms. The Kier molecular flexibility index (Phi) is 6.11.